The molecule has 20 heavy (non-hydrogen) atoms. The Bertz CT molecular complexity index is 497. The molecular formula is C12H18ClN5O2. The lowest BCUT2D eigenvalue weighted by Gasteiger charge is -2.23. The van der Waals surface area contributed by atoms with E-state index >= 15 is 0 Å². The molecule has 0 spiro atoms. The first-order valence-electron chi connectivity index (χ1n) is 6.57. The molecule has 0 aliphatic carbocycles. The van der Waals surface area contributed by atoms with Gasteiger partial charge in [-0.05, 0) is 38.3 Å². The van der Waals surface area contributed by atoms with Crippen molar-refractivity contribution >= 4 is 23.5 Å². The third-order valence-corrected chi connectivity index (χ3v) is 3.14. The van der Waals surface area contributed by atoms with E-state index in [0.717, 1.165) is 12.8 Å². The Morgan fingerprint density at radius 3 is 2.85 bits per heavy atom. The second-order valence-corrected chi connectivity index (χ2v) is 5.16. The molecule has 2 rings (SSSR count). The fourth-order valence-electron chi connectivity index (χ4n) is 2.16. The van der Waals surface area contributed by atoms with Gasteiger partial charge in [-0.15, -0.1) is 0 Å². The first-order valence-corrected chi connectivity index (χ1v) is 6.95. The van der Waals surface area contributed by atoms with Crippen molar-refractivity contribution in [3.63, 3.8) is 0 Å². The van der Waals surface area contributed by atoms with E-state index in [1.165, 1.54) is 0 Å². The number of likely N-dealkylation sites (N-methyl/N-ethyl adjacent to an activating group) is 1. The summed E-state index contributed by atoms with van der Waals surface area (Å²) >= 11 is 5.90. The molecule has 1 unspecified atom stereocenters. The number of amides is 1. The van der Waals surface area contributed by atoms with Crippen molar-refractivity contribution in [2.75, 3.05) is 18.5 Å². The van der Waals surface area contributed by atoms with Crippen LogP contribution in [0.4, 0.5) is 5.95 Å². The maximum atomic E-state index is 11.9. The topological polar surface area (TPSA) is 80.2 Å². The summed E-state index contributed by atoms with van der Waals surface area (Å²) in [5.74, 6) is 0.331. The molecule has 8 heteroatoms. The van der Waals surface area contributed by atoms with Crippen LogP contribution in [0.3, 0.4) is 0 Å². The van der Waals surface area contributed by atoms with Crippen LogP contribution in [-0.4, -0.2) is 46.6 Å². The predicted molar refractivity (Wildman–Crippen MR) is 75.0 cm³/mol. The van der Waals surface area contributed by atoms with Crippen LogP contribution in [-0.2, 0) is 4.79 Å². The van der Waals surface area contributed by atoms with Crippen molar-refractivity contribution in [3.05, 3.63) is 5.28 Å². The Morgan fingerprint density at radius 1 is 1.45 bits per heavy atom. The molecule has 1 saturated heterocycles. The lowest BCUT2D eigenvalue weighted by molar-refractivity contribution is -0.121. The first-order chi connectivity index (χ1) is 9.51. The third-order valence-electron chi connectivity index (χ3n) is 2.98. The summed E-state index contributed by atoms with van der Waals surface area (Å²) in [5.41, 5.74) is 0. The Labute approximate surface area is 122 Å². The number of carbonyl (C=O) groups excluding carboxylic acids is 1. The Morgan fingerprint density at radius 2 is 2.20 bits per heavy atom. The zero-order valence-electron chi connectivity index (χ0n) is 11.8. The first kappa shape index (κ1) is 14.8. The fraction of sp³-hybridized carbons (Fsp3) is 0.667. The molecule has 1 aromatic heterocycles. The van der Waals surface area contributed by atoms with Crippen molar-refractivity contribution in [3.8, 4) is 6.01 Å². The van der Waals surface area contributed by atoms with E-state index in [9.17, 15) is 4.79 Å². The molecule has 1 fully saturated rings. The third kappa shape index (κ3) is 3.27. The summed E-state index contributed by atoms with van der Waals surface area (Å²) < 4.78 is 5.44. The highest BCUT2D eigenvalue weighted by atomic mass is 35.5. The second kappa shape index (κ2) is 6.21. The normalized spacial score (nSPS) is 18.4. The smallest absolute Gasteiger partial charge is 0.322 e. The number of rotatable bonds is 4. The van der Waals surface area contributed by atoms with Crippen molar-refractivity contribution in [1.29, 1.82) is 0 Å². The average molecular weight is 300 g/mol. The van der Waals surface area contributed by atoms with Gasteiger partial charge in [0.15, 0.2) is 0 Å². The van der Waals surface area contributed by atoms with Gasteiger partial charge in [-0.25, -0.2) is 0 Å². The molecule has 1 N–H and O–H groups in total. The van der Waals surface area contributed by atoms with Crippen molar-refractivity contribution < 1.29 is 9.53 Å². The van der Waals surface area contributed by atoms with Gasteiger partial charge in [0.1, 0.15) is 6.04 Å². The SMILES string of the molecule is CNC(=O)C1CCCN1c1nc(Cl)nc(OC(C)C)n1. The highest BCUT2D eigenvalue weighted by Gasteiger charge is 2.32. The molecular weight excluding hydrogens is 282 g/mol. The van der Waals surface area contributed by atoms with Gasteiger partial charge in [0, 0.05) is 13.6 Å². The number of halogens is 1. The summed E-state index contributed by atoms with van der Waals surface area (Å²) in [6.45, 7) is 4.46. The molecule has 0 aromatic carbocycles. The van der Waals surface area contributed by atoms with E-state index < -0.39 is 0 Å². The summed E-state index contributed by atoms with van der Waals surface area (Å²) in [6, 6.07) is -0.0945. The van der Waals surface area contributed by atoms with Gasteiger partial charge in [-0.1, -0.05) is 0 Å². The van der Waals surface area contributed by atoms with Crippen LogP contribution in [0.1, 0.15) is 26.7 Å². The Balaban J connectivity index is 2.27. The van der Waals surface area contributed by atoms with Gasteiger partial charge in [0.05, 0.1) is 6.10 Å². The molecule has 0 bridgehead atoms. The Kier molecular flexibility index (Phi) is 4.59. The van der Waals surface area contributed by atoms with Crippen LogP contribution in [0.25, 0.3) is 0 Å². The number of hydrogen-bond acceptors (Lipinski definition) is 6. The van der Waals surface area contributed by atoms with Gasteiger partial charge >= 0.3 is 6.01 Å². The fourth-order valence-corrected chi connectivity index (χ4v) is 2.31. The quantitative estimate of drug-likeness (QED) is 0.894. The summed E-state index contributed by atoms with van der Waals surface area (Å²) in [7, 11) is 1.62. The van der Waals surface area contributed by atoms with Gasteiger partial charge in [0.25, 0.3) is 0 Å². The van der Waals surface area contributed by atoms with Gasteiger partial charge in [-0.3, -0.25) is 4.79 Å². The molecule has 0 saturated carbocycles. The van der Waals surface area contributed by atoms with Gasteiger partial charge in [-0.2, -0.15) is 15.0 Å². The van der Waals surface area contributed by atoms with Crippen LogP contribution in [0, 0.1) is 0 Å². The number of nitrogens with one attached hydrogen (secondary N) is 1. The van der Waals surface area contributed by atoms with Crippen LogP contribution in [0.5, 0.6) is 6.01 Å². The maximum absolute atomic E-state index is 11.9. The zero-order valence-corrected chi connectivity index (χ0v) is 12.5. The second-order valence-electron chi connectivity index (χ2n) is 4.82. The maximum Gasteiger partial charge on any atom is 0.322 e. The lowest BCUT2D eigenvalue weighted by Crippen LogP contribution is -2.42. The average Bonchev–Trinajstić information content (AvgIpc) is 2.85. The molecule has 1 amide bonds. The summed E-state index contributed by atoms with van der Waals surface area (Å²) in [6.07, 6.45) is 1.61. The number of aromatic nitrogens is 3. The molecule has 110 valence electrons. The van der Waals surface area contributed by atoms with Crippen molar-refractivity contribution in [2.24, 2.45) is 0 Å². The van der Waals surface area contributed by atoms with Crippen molar-refractivity contribution in [2.45, 2.75) is 38.8 Å². The minimum atomic E-state index is -0.273. The minimum absolute atomic E-state index is 0.0506. The van der Waals surface area contributed by atoms with Gasteiger partial charge < -0.3 is 15.0 Å². The number of carbonyl (C=O) groups is 1. The highest BCUT2D eigenvalue weighted by molar-refractivity contribution is 6.28. The summed E-state index contributed by atoms with van der Waals surface area (Å²) in [5, 5.41) is 2.72. The molecule has 1 aliphatic rings. The zero-order chi connectivity index (χ0) is 14.7. The van der Waals surface area contributed by atoms with E-state index in [0.29, 0.717) is 12.5 Å². The van der Waals surface area contributed by atoms with E-state index in [2.05, 4.69) is 20.3 Å². The minimum Gasteiger partial charge on any atom is -0.461 e. The van der Waals surface area contributed by atoms with Crippen LogP contribution >= 0.6 is 11.6 Å². The number of anilines is 1. The van der Waals surface area contributed by atoms with Crippen LogP contribution in [0.2, 0.25) is 5.28 Å². The van der Waals surface area contributed by atoms with E-state index in [1.54, 1.807) is 7.05 Å². The monoisotopic (exact) mass is 299 g/mol. The molecule has 0 radical (unpaired) electrons. The molecule has 2 heterocycles. The standard InChI is InChI=1S/C12H18ClN5O2/c1-7(2)20-12-16-10(13)15-11(17-12)18-6-4-5-8(18)9(19)14-3/h7-8H,4-6H2,1-3H3,(H,14,19). The largest absolute Gasteiger partial charge is 0.461 e. The number of hydrogen-bond donors (Lipinski definition) is 1. The molecule has 1 aliphatic heterocycles. The van der Waals surface area contributed by atoms with Crippen molar-refractivity contribution in [1.82, 2.24) is 20.3 Å². The van der Waals surface area contributed by atoms with E-state index in [1.807, 2.05) is 18.7 Å². The Hall–Kier alpha value is -1.63. The number of ether oxygens (including phenoxy) is 1. The molecule has 1 atom stereocenters. The molecule has 1 aromatic rings. The van der Waals surface area contributed by atoms with Gasteiger partial charge in [0.2, 0.25) is 17.1 Å². The lowest BCUT2D eigenvalue weighted by atomic mass is 10.2. The highest BCUT2D eigenvalue weighted by Crippen LogP contribution is 2.24. The van der Waals surface area contributed by atoms with E-state index in [4.69, 9.17) is 16.3 Å². The summed E-state index contributed by atoms with van der Waals surface area (Å²) in [4.78, 5) is 26.0. The van der Waals surface area contributed by atoms with E-state index in [-0.39, 0.29) is 29.3 Å². The molecule has 7 nitrogen and oxygen atoms in total. The van der Waals surface area contributed by atoms with Crippen LogP contribution < -0.4 is 15.0 Å². The predicted octanol–water partition coefficient (Wildman–Crippen LogP) is 1.03. The van der Waals surface area contributed by atoms with Crippen LogP contribution in [0.15, 0.2) is 0 Å². The number of nitrogens with zero attached hydrogens (tertiary/aromatic N) is 4.